The molecule has 5 nitrogen and oxygen atoms in total. The molecule has 2 aromatic rings. The van der Waals surface area contributed by atoms with Crippen molar-refractivity contribution in [3.8, 4) is 0 Å². The minimum atomic E-state index is -0.389. The zero-order valence-corrected chi connectivity index (χ0v) is 14.4. The van der Waals surface area contributed by atoms with Gasteiger partial charge in [-0.15, -0.1) is 11.3 Å². The van der Waals surface area contributed by atoms with Crippen molar-refractivity contribution in [2.24, 2.45) is 0 Å². The third-order valence-electron chi connectivity index (χ3n) is 3.79. The number of amides is 2. The van der Waals surface area contributed by atoms with Gasteiger partial charge >= 0.3 is 0 Å². The third kappa shape index (κ3) is 2.96. The summed E-state index contributed by atoms with van der Waals surface area (Å²) in [6, 6.07) is 5.33. The molecule has 0 unspecified atom stereocenters. The predicted octanol–water partition coefficient (Wildman–Crippen LogP) is 2.98. The molecule has 22 heavy (non-hydrogen) atoms. The van der Waals surface area contributed by atoms with Gasteiger partial charge in [0.2, 0.25) is 5.91 Å². The van der Waals surface area contributed by atoms with Gasteiger partial charge in [0.15, 0.2) is 10.4 Å². The maximum Gasteiger partial charge on any atom is 0.287 e. The molecule has 2 amide bonds. The first kappa shape index (κ1) is 15.3. The van der Waals surface area contributed by atoms with E-state index in [1.54, 1.807) is 23.5 Å². The summed E-state index contributed by atoms with van der Waals surface area (Å²) in [5, 5.41) is 4.67. The first-order valence-corrected chi connectivity index (χ1v) is 8.63. The van der Waals surface area contributed by atoms with Gasteiger partial charge in [0.1, 0.15) is 0 Å². The average Bonchev–Trinajstić information content (AvgIpc) is 3.14. The van der Waals surface area contributed by atoms with Crippen LogP contribution in [0.25, 0.3) is 0 Å². The predicted molar refractivity (Wildman–Crippen MR) is 86.9 cm³/mol. The summed E-state index contributed by atoms with van der Waals surface area (Å²) in [5.74, 6) is -0.283. The van der Waals surface area contributed by atoms with Crippen LogP contribution >= 0.6 is 27.3 Å². The Balaban J connectivity index is 1.60. The fourth-order valence-electron chi connectivity index (χ4n) is 2.63. The lowest BCUT2D eigenvalue weighted by Crippen LogP contribution is -2.44. The number of hydrogen-bond donors (Lipinski definition) is 1. The molecule has 0 saturated heterocycles. The van der Waals surface area contributed by atoms with Crippen molar-refractivity contribution < 1.29 is 14.0 Å². The van der Waals surface area contributed by atoms with Crippen molar-refractivity contribution >= 4 is 39.1 Å². The fraction of sp³-hybridized carbons (Fsp3) is 0.333. The van der Waals surface area contributed by atoms with Crippen LogP contribution in [-0.4, -0.2) is 29.8 Å². The minimum Gasteiger partial charge on any atom is -0.444 e. The Kier molecular flexibility index (Phi) is 4.35. The highest BCUT2D eigenvalue weighted by molar-refractivity contribution is 9.10. The Morgan fingerprint density at radius 2 is 2.27 bits per heavy atom. The second-order valence-corrected chi connectivity index (χ2v) is 6.88. The summed E-state index contributed by atoms with van der Waals surface area (Å²) in [5.41, 5.74) is 1.21. The van der Waals surface area contributed by atoms with Crippen molar-refractivity contribution in [2.45, 2.75) is 19.4 Å². The highest BCUT2D eigenvalue weighted by Gasteiger charge is 2.28. The first-order chi connectivity index (χ1) is 10.6. The molecule has 3 rings (SSSR count). The fourth-order valence-corrected chi connectivity index (χ4v) is 3.90. The van der Waals surface area contributed by atoms with E-state index in [4.69, 9.17) is 4.42 Å². The number of fused-ring (bicyclic) bond motifs is 1. The molecule has 3 heterocycles. The number of nitrogens with one attached hydrogen (secondary N) is 1. The van der Waals surface area contributed by atoms with Gasteiger partial charge in [-0.05, 0) is 58.4 Å². The molecule has 2 aromatic heterocycles. The van der Waals surface area contributed by atoms with Crippen molar-refractivity contribution in [3.63, 3.8) is 0 Å². The second-order valence-electron chi connectivity index (χ2n) is 5.10. The van der Waals surface area contributed by atoms with Gasteiger partial charge in [-0.2, -0.15) is 0 Å². The number of furan rings is 1. The van der Waals surface area contributed by atoms with Crippen molar-refractivity contribution in [2.75, 3.05) is 13.1 Å². The molecule has 0 radical (unpaired) electrons. The summed E-state index contributed by atoms with van der Waals surface area (Å²) < 4.78 is 5.65. The first-order valence-electron chi connectivity index (χ1n) is 6.95. The average molecular weight is 383 g/mol. The SMILES string of the molecule is C[C@@H]1c2ccsc2CCN1C(=O)CNC(=O)c1ccc(Br)o1. The molecule has 1 aliphatic rings. The molecule has 0 saturated carbocycles. The van der Waals surface area contributed by atoms with Gasteiger partial charge < -0.3 is 14.6 Å². The smallest absolute Gasteiger partial charge is 0.287 e. The lowest BCUT2D eigenvalue weighted by atomic mass is 10.0. The van der Waals surface area contributed by atoms with Gasteiger partial charge in [-0.1, -0.05) is 0 Å². The van der Waals surface area contributed by atoms with E-state index in [9.17, 15) is 9.59 Å². The van der Waals surface area contributed by atoms with E-state index in [2.05, 4.69) is 32.7 Å². The van der Waals surface area contributed by atoms with Gasteiger partial charge in [-0.25, -0.2) is 0 Å². The Labute approximate surface area is 140 Å². The van der Waals surface area contributed by atoms with Crippen LogP contribution in [0, 0.1) is 0 Å². The lowest BCUT2D eigenvalue weighted by Gasteiger charge is -2.33. The van der Waals surface area contributed by atoms with Gasteiger partial charge in [0.25, 0.3) is 5.91 Å². The summed E-state index contributed by atoms with van der Waals surface area (Å²) in [7, 11) is 0. The van der Waals surface area contributed by atoms with E-state index in [-0.39, 0.29) is 30.2 Å². The molecule has 0 fully saturated rings. The summed E-state index contributed by atoms with van der Waals surface area (Å²) in [6.45, 7) is 2.69. The molecule has 7 heteroatoms. The molecular weight excluding hydrogens is 368 g/mol. The number of nitrogens with zero attached hydrogens (tertiary/aromatic N) is 1. The molecule has 1 atom stereocenters. The summed E-state index contributed by atoms with van der Waals surface area (Å²) >= 11 is 4.88. The molecule has 0 aromatic carbocycles. The number of thiophene rings is 1. The van der Waals surface area contributed by atoms with Crippen LogP contribution in [0.2, 0.25) is 0 Å². The zero-order chi connectivity index (χ0) is 15.7. The molecule has 0 spiro atoms. The van der Waals surface area contributed by atoms with Crippen molar-refractivity contribution in [3.05, 3.63) is 44.4 Å². The Morgan fingerprint density at radius 3 is 3.00 bits per heavy atom. The van der Waals surface area contributed by atoms with E-state index >= 15 is 0 Å². The summed E-state index contributed by atoms with van der Waals surface area (Å²) in [6.07, 6.45) is 0.877. The van der Waals surface area contributed by atoms with Crippen LogP contribution in [0.3, 0.4) is 0 Å². The van der Waals surface area contributed by atoms with E-state index in [0.717, 1.165) is 6.42 Å². The number of carbonyl (C=O) groups is 2. The van der Waals surface area contributed by atoms with Crippen LogP contribution in [0.15, 0.2) is 32.7 Å². The van der Waals surface area contributed by atoms with Crippen LogP contribution in [0.4, 0.5) is 0 Å². The molecule has 1 aliphatic heterocycles. The van der Waals surface area contributed by atoms with Gasteiger partial charge in [0.05, 0.1) is 12.6 Å². The minimum absolute atomic E-state index is 0.0268. The van der Waals surface area contributed by atoms with E-state index in [1.807, 2.05) is 11.8 Å². The highest BCUT2D eigenvalue weighted by Crippen LogP contribution is 2.32. The van der Waals surface area contributed by atoms with Crippen LogP contribution in [0.1, 0.15) is 34.0 Å². The number of carbonyl (C=O) groups excluding carboxylic acids is 2. The third-order valence-corrected chi connectivity index (χ3v) is 5.22. The van der Waals surface area contributed by atoms with Crippen molar-refractivity contribution in [1.82, 2.24) is 10.2 Å². The Morgan fingerprint density at radius 1 is 1.45 bits per heavy atom. The Bertz CT molecular complexity index is 709. The zero-order valence-electron chi connectivity index (χ0n) is 12.0. The summed E-state index contributed by atoms with van der Waals surface area (Å²) in [4.78, 5) is 27.4. The lowest BCUT2D eigenvalue weighted by molar-refractivity contribution is -0.132. The van der Waals surface area contributed by atoms with Crippen LogP contribution in [0.5, 0.6) is 0 Å². The van der Waals surface area contributed by atoms with E-state index in [1.165, 1.54) is 10.4 Å². The molecule has 0 bridgehead atoms. The largest absolute Gasteiger partial charge is 0.444 e. The van der Waals surface area contributed by atoms with E-state index < -0.39 is 0 Å². The van der Waals surface area contributed by atoms with E-state index in [0.29, 0.717) is 11.2 Å². The van der Waals surface area contributed by atoms with Gasteiger partial charge in [-0.3, -0.25) is 9.59 Å². The molecular formula is C15H15BrN2O3S. The topological polar surface area (TPSA) is 62.6 Å². The molecule has 0 aliphatic carbocycles. The molecule has 1 N–H and O–H groups in total. The maximum absolute atomic E-state index is 12.4. The Hall–Kier alpha value is -1.60. The number of hydrogen-bond acceptors (Lipinski definition) is 4. The quantitative estimate of drug-likeness (QED) is 0.887. The highest BCUT2D eigenvalue weighted by atomic mass is 79.9. The normalized spacial score (nSPS) is 17.2. The van der Waals surface area contributed by atoms with Crippen LogP contribution < -0.4 is 5.32 Å². The molecule has 116 valence electrons. The van der Waals surface area contributed by atoms with Crippen LogP contribution in [-0.2, 0) is 11.2 Å². The van der Waals surface area contributed by atoms with Crippen molar-refractivity contribution in [1.29, 1.82) is 0 Å². The number of halogens is 1. The second kappa shape index (κ2) is 6.26. The standard InChI is InChI=1S/C15H15BrN2O3S/c1-9-10-5-7-22-12(10)4-6-18(9)14(19)8-17-15(20)11-2-3-13(16)21-11/h2-3,5,7,9H,4,6,8H2,1H3,(H,17,20)/t9-/m1/s1. The number of rotatable bonds is 3. The van der Waals surface area contributed by atoms with Gasteiger partial charge in [0, 0.05) is 11.4 Å². The maximum atomic E-state index is 12.4. The monoisotopic (exact) mass is 382 g/mol.